The molecule has 0 aliphatic rings. The minimum absolute atomic E-state index is 0.277. The molecule has 1 heterocycles. The summed E-state index contributed by atoms with van der Waals surface area (Å²) in [5, 5.41) is 0.740. The number of pyridine rings is 1. The van der Waals surface area contributed by atoms with Crippen LogP contribution < -0.4 is 10.5 Å². The summed E-state index contributed by atoms with van der Waals surface area (Å²) in [6.45, 7) is 0. The van der Waals surface area contributed by atoms with Crippen LogP contribution >= 0.6 is 11.8 Å². The molecule has 0 amide bonds. The van der Waals surface area contributed by atoms with E-state index in [4.69, 9.17) is 10.5 Å². The Kier molecular flexibility index (Phi) is 4.04. The van der Waals surface area contributed by atoms with Gasteiger partial charge in [0.2, 0.25) is 0 Å². The summed E-state index contributed by atoms with van der Waals surface area (Å²) in [6.07, 6.45) is 1.68. The summed E-state index contributed by atoms with van der Waals surface area (Å²) in [5.41, 5.74) is 7.20. The molecular weight excluding hydrogens is 251 g/mol. The zero-order valence-corrected chi connectivity index (χ0v) is 10.7. The Morgan fingerprint density at radius 2 is 2.22 bits per heavy atom. The fourth-order valence-electron chi connectivity index (χ4n) is 1.53. The van der Waals surface area contributed by atoms with Crippen molar-refractivity contribution in [3.8, 4) is 5.75 Å². The molecule has 0 aliphatic carbocycles. The van der Waals surface area contributed by atoms with E-state index in [-0.39, 0.29) is 5.82 Å². The van der Waals surface area contributed by atoms with E-state index in [1.807, 2.05) is 0 Å². The van der Waals surface area contributed by atoms with Gasteiger partial charge in [0, 0.05) is 17.5 Å². The van der Waals surface area contributed by atoms with Crippen molar-refractivity contribution in [3.05, 3.63) is 47.9 Å². The molecule has 2 rings (SSSR count). The van der Waals surface area contributed by atoms with Crippen molar-refractivity contribution >= 4 is 17.4 Å². The fraction of sp³-hybridized carbons (Fsp3) is 0.154. The molecule has 2 N–H and O–H groups in total. The van der Waals surface area contributed by atoms with Crippen LogP contribution in [0, 0.1) is 5.82 Å². The van der Waals surface area contributed by atoms with Crippen molar-refractivity contribution in [1.82, 2.24) is 4.98 Å². The smallest absolute Gasteiger partial charge is 0.123 e. The maximum atomic E-state index is 13.2. The van der Waals surface area contributed by atoms with Crippen molar-refractivity contribution in [2.75, 3.05) is 12.8 Å². The second-order valence-corrected chi connectivity index (χ2v) is 4.61. The van der Waals surface area contributed by atoms with Crippen molar-refractivity contribution in [3.63, 3.8) is 0 Å². The van der Waals surface area contributed by atoms with Crippen LogP contribution in [0.15, 0.2) is 41.6 Å². The van der Waals surface area contributed by atoms with E-state index in [2.05, 4.69) is 4.98 Å². The first-order valence-corrected chi connectivity index (χ1v) is 6.35. The van der Waals surface area contributed by atoms with E-state index in [0.29, 0.717) is 17.2 Å². The molecule has 1 aromatic heterocycles. The molecule has 0 radical (unpaired) electrons. The number of halogens is 1. The Morgan fingerprint density at radius 1 is 1.39 bits per heavy atom. The number of nitrogens with two attached hydrogens (primary N) is 1. The van der Waals surface area contributed by atoms with E-state index < -0.39 is 0 Å². The highest BCUT2D eigenvalue weighted by Gasteiger charge is 2.07. The Morgan fingerprint density at radius 3 is 2.94 bits per heavy atom. The number of hydrogen-bond donors (Lipinski definition) is 1. The van der Waals surface area contributed by atoms with Crippen LogP contribution in [0.5, 0.6) is 5.75 Å². The SMILES string of the molecule is COc1ccc(F)cc1CSc1ncccc1N. The molecule has 0 unspecified atom stereocenters. The van der Waals surface area contributed by atoms with Gasteiger partial charge in [0.05, 0.1) is 12.8 Å². The number of nitrogen functional groups attached to an aromatic ring is 1. The summed E-state index contributed by atoms with van der Waals surface area (Å²) < 4.78 is 18.4. The predicted molar refractivity (Wildman–Crippen MR) is 71.2 cm³/mol. The monoisotopic (exact) mass is 264 g/mol. The highest BCUT2D eigenvalue weighted by Crippen LogP contribution is 2.29. The van der Waals surface area contributed by atoms with Gasteiger partial charge >= 0.3 is 0 Å². The molecule has 0 spiro atoms. The third kappa shape index (κ3) is 2.92. The number of nitrogens with zero attached hydrogens (tertiary/aromatic N) is 1. The lowest BCUT2D eigenvalue weighted by molar-refractivity contribution is 0.410. The molecule has 2 aromatic rings. The van der Waals surface area contributed by atoms with Gasteiger partial charge in [-0.05, 0) is 30.3 Å². The zero-order chi connectivity index (χ0) is 13.0. The molecule has 0 saturated carbocycles. The largest absolute Gasteiger partial charge is 0.496 e. The molecule has 1 aromatic carbocycles. The van der Waals surface area contributed by atoms with Gasteiger partial charge < -0.3 is 10.5 Å². The molecule has 18 heavy (non-hydrogen) atoms. The molecule has 0 aliphatic heterocycles. The molecule has 0 fully saturated rings. The van der Waals surface area contributed by atoms with Gasteiger partial charge in [-0.15, -0.1) is 0 Å². The van der Waals surface area contributed by atoms with Crippen LogP contribution in [-0.4, -0.2) is 12.1 Å². The third-order valence-corrected chi connectivity index (χ3v) is 3.48. The van der Waals surface area contributed by atoms with Crippen LogP contribution in [0.25, 0.3) is 0 Å². The average Bonchev–Trinajstić information content (AvgIpc) is 2.38. The van der Waals surface area contributed by atoms with Crippen molar-refractivity contribution < 1.29 is 9.13 Å². The van der Waals surface area contributed by atoms with E-state index >= 15 is 0 Å². The fourth-order valence-corrected chi connectivity index (χ4v) is 2.42. The van der Waals surface area contributed by atoms with Gasteiger partial charge in [0.25, 0.3) is 0 Å². The van der Waals surface area contributed by atoms with E-state index in [9.17, 15) is 4.39 Å². The lowest BCUT2D eigenvalue weighted by Crippen LogP contribution is -1.94. The Balaban J connectivity index is 2.15. The molecule has 0 bridgehead atoms. The lowest BCUT2D eigenvalue weighted by Gasteiger charge is -2.08. The number of hydrogen-bond acceptors (Lipinski definition) is 4. The van der Waals surface area contributed by atoms with Gasteiger partial charge in [0.15, 0.2) is 0 Å². The topological polar surface area (TPSA) is 48.1 Å². The van der Waals surface area contributed by atoms with Gasteiger partial charge in [-0.25, -0.2) is 9.37 Å². The predicted octanol–water partition coefficient (Wildman–Crippen LogP) is 3.10. The zero-order valence-electron chi connectivity index (χ0n) is 9.89. The first-order chi connectivity index (χ1) is 8.70. The standard InChI is InChI=1S/C13H13FN2OS/c1-17-12-5-4-10(14)7-9(12)8-18-13-11(15)3-2-6-16-13/h2-7H,8,15H2,1H3. The highest BCUT2D eigenvalue weighted by molar-refractivity contribution is 7.98. The summed E-state index contributed by atoms with van der Waals surface area (Å²) in [6, 6.07) is 8.03. The first-order valence-electron chi connectivity index (χ1n) is 5.36. The third-order valence-electron chi connectivity index (χ3n) is 2.41. The van der Waals surface area contributed by atoms with E-state index in [1.165, 1.54) is 23.9 Å². The number of thioether (sulfide) groups is 1. The summed E-state index contributed by atoms with van der Waals surface area (Å²) >= 11 is 1.46. The summed E-state index contributed by atoms with van der Waals surface area (Å²) in [7, 11) is 1.57. The molecular formula is C13H13FN2OS. The number of anilines is 1. The Labute approximate surface area is 109 Å². The molecule has 5 heteroatoms. The normalized spacial score (nSPS) is 10.3. The van der Waals surface area contributed by atoms with Crippen molar-refractivity contribution in [2.24, 2.45) is 0 Å². The second-order valence-electron chi connectivity index (χ2n) is 3.64. The highest BCUT2D eigenvalue weighted by atomic mass is 32.2. The van der Waals surface area contributed by atoms with Gasteiger partial charge in [0.1, 0.15) is 16.6 Å². The van der Waals surface area contributed by atoms with E-state index in [1.54, 1.807) is 31.5 Å². The van der Waals surface area contributed by atoms with Crippen LogP contribution in [0.2, 0.25) is 0 Å². The Bertz CT molecular complexity index is 548. The molecule has 94 valence electrons. The van der Waals surface area contributed by atoms with Gasteiger partial charge in [-0.2, -0.15) is 0 Å². The number of ether oxygens (including phenoxy) is 1. The summed E-state index contributed by atoms with van der Waals surface area (Å²) in [5.74, 6) is 0.945. The minimum atomic E-state index is -0.277. The van der Waals surface area contributed by atoms with Crippen molar-refractivity contribution in [1.29, 1.82) is 0 Å². The molecule has 0 atom stereocenters. The van der Waals surface area contributed by atoms with Crippen LogP contribution in [0.4, 0.5) is 10.1 Å². The van der Waals surface area contributed by atoms with Gasteiger partial charge in [-0.3, -0.25) is 0 Å². The van der Waals surface area contributed by atoms with Crippen LogP contribution in [0.3, 0.4) is 0 Å². The number of rotatable bonds is 4. The average molecular weight is 264 g/mol. The van der Waals surface area contributed by atoms with Crippen LogP contribution in [0.1, 0.15) is 5.56 Å². The quantitative estimate of drug-likeness (QED) is 0.862. The maximum Gasteiger partial charge on any atom is 0.123 e. The number of methoxy groups -OCH3 is 1. The lowest BCUT2D eigenvalue weighted by atomic mass is 10.2. The molecule has 0 saturated heterocycles. The maximum absolute atomic E-state index is 13.2. The minimum Gasteiger partial charge on any atom is -0.496 e. The number of aromatic nitrogens is 1. The molecule has 3 nitrogen and oxygen atoms in total. The van der Waals surface area contributed by atoms with Crippen molar-refractivity contribution in [2.45, 2.75) is 10.8 Å². The van der Waals surface area contributed by atoms with E-state index in [0.717, 1.165) is 10.6 Å². The van der Waals surface area contributed by atoms with Gasteiger partial charge in [-0.1, -0.05) is 11.8 Å². The second kappa shape index (κ2) is 5.73. The number of benzene rings is 1. The van der Waals surface area contributed by atoms with Crippen LogP contribution in [-0.2, 0) is 5.75 Å². The summed E-state index contributed by atoms with van der Waals surface area (Å²) in [4.78, 5) is 4.17. The first kappa shape index (κ1) is 12.7. The Hall–Kier alpha value is -1.75.